The van der Waals surface area contributed by atoms with E-state index >= 15 is 0 Å². The van der Waals surface area contributed by atoms with Crippen molar-refractivity contribution in [3.8, 4) is 0 Å². The Balaban J connectivity index is 1.46. The lowest BCUT2D eigenvalue weighted by molar-refractivity contribution is -0.116. The molecule has 0 fully saturated rings. The van der Waals surface area contributed by atoms with E-state index in [1.807, 2.05) is 0 Å². The Morgan fingerprint density at radius 1 is 1.14 bits per heavy atom. The molecule has 0 aliphatic heterocycles. The number of ether oxygens (including phenoxy) is 1. The van der Waals surface area contributed by atoms with Gasteiger partial charge in [-0.1, -0.05) is 0 Å². The van der Waals surface area contributed by atoms with Crippen molar-refractivity contribution in [3.63, 3.8) is 0 Å². The summed E-state index contributed by atoms with van der Waals surface area (Å²) < 4.78 is 9.95. The number of hydrogen-bond donors (Lipinski definition) is 2. The standard InChI is InChI=1S/C20H19N3O5S/c1-2-27-19(26)13-5-7-14(8-6-13)21-17(24)10-9-15-12-29-20(22-15)23-18(25)16-4-3-11-28-16/h3-8,11-12H,2,9-10H2,1H3,(H,21,24)(H,22,23,25). The van der Waals surface area contributed by atoms with Gasteiger partial charge in [-0.2, -0.15) is 0 Å². The number of benzene rings is 1. The summed E-state index contributed by atoms with van der Waals surface area (Å²) >= 11 is 1.28. The molecule has 9 heteroatoms. The molecule has 1 aromatic carbocycles. The van der Waals surface area contributed by atoms with E-state index in [1.165, 1.54) is 17.6 Å². The topological polar surface area (TPSA) is 111 Å². The molecule has 0 bridgehead atoms. The Bertz CT molecular complexity index is 980. The number of rotatable bonds is 8. The van der Waals surface area contributed by atoms with E-state index in [0.29, 0.717) is 35.1 Å². The van der Waals surface area contributed by atoms with Crippen molar-refractivity contribution in [1.82, 2.24) is 4.98 Å². The Labute approximate surface area is 170 Å². The van der Waals surface area contributed by atoms with Crippen molar-refractivity contribution in [3.05, 3.63) is 65.1 Å². The van der Waals surface area contributed by atoms with Crippen LogP contribution >= 0.6 is 11.3 Å². The quantitative estimate of drug-likeness (QED) is 0.544. The third kappa shape index (κ3) is 5.76. The Morgan fingerprint density at radius 2 is 1.93 bits per heavy atom. The monoisotopic (exact) mass is 413 g/mol. The smallest absolute Gasteiger partial charge is 0.338 e. The van der Waals surface area contributed by atoms with Gasteiger partial charge in [-0.15, -0.1) is 11.3 Å². The van der Waals surface area contributed by atoms with Gasteiger partial charge in [0.2, 0.25) is 5.91 Å². The molecule has 2 heterocycles. The number of hydrogen-bond acceptors (Lipinski definition) is 7. The highest BCUT2D eigenvalue weighted by atomic mass is 32.1. The van der Waals surface area contributed by atoms with Gasteiger partial charge in [-0.05, 0) is 49.7 Å². The molecular weight excluding hydrogens is 394 g/mol. The molecular formula is C20H19N3O5S. The average Bonchev–Trinajstić information content (AvgIpc) is 3.39. The summed E-state index contributed by atoms with van der Waals surface area (Å²) in [7, 11) is 0. The van der Waals surface area contributed by atoms with Crippen LogP contribution in [0.25, 0.3) is 0 Å². The lowest BCUT2D eigenvalue weighted by Crippen LogP contribution is -2.13. The molecule has 0 saturated carbocycles. The summed E-state index contributed by atoms with van der Waals surface area (Å²) in [6.45, 7) is 2.05. The zero-order valence-electron chi connectivity index (χ0n) is 15.6. The second kappa shape index (κ2) is 9.65. The van der Waals surface area contributed by atoms with Gasteiger partial charge < -0.3 is 14.5 Å². The van der Waals surface area contributed by atoms with Crippen LogP contribution in [0.3, 0.4) is 0 Å². The molecule has 0 unspecified atom stereocenters. The number of thiazole rings is 1. The van der Waals surface area contributed by atoms with Gasteiger partial charge in [0.25, 0.3) is 5.91 Å². The summed E-state index contributed by atoms with van der Waals surface area (Å²) in [6, 6.07) is 9.69. The van der Waals surface area contributed by atoms with Crippen molar-refractivity contribution in [2.75, 3.05) is 17.2 Å². The minimum atomic E-state index is -0.399. The molecule has 29 heavy (non-hydrogen) atoms. The van der Waals surface area contributed by atoms with Gasteiger partial charge in [0.1, 0.15) is 0 Å². The number of nitrogens with one attached hydrogen (secondary N) is 2. The predicted molar refractivity (Wildman–Crippen MR) is 108 cm³/mol. The van der Waals surface area contributed by atoms with Crippen LogP contribution in [0.15, 0.2) is 52.5 Å². The summed E-state index contributed by atoms with van der Waals surface area (Å²) in [6.07, 6.45) is 2.08. The Hall–Kier alpha value is -3.46. The second-order valence-corrected chi connectivity index (χ2v) is 6.78. The fraction of sp³-hybridized carbons (Fsp3) is 0.200. The van der Waals surface area contributed by atoms with Gasteiger partial charge in [-0.3, -0.25) is 14.9 Å². The number of furan rings is 1. The number of carbonyl (C=O) groups excluding carboxylic acids is 3. The van der Waals surface area contributed by atoms with E-state index in [0.717, 1.165) is 0 Å². The maximum absolute atomic E-state index is 12.1. The van der Waals surface area contributed by atoms with Crippen LogP contribution in [0.4, 0.5) is 10.8 Å². The fourth-order valence-electron chi connectivity index (χ4n) is 2.41. The van der Waals surface area contributed by atoms with Crippen LogP contribution in [0, 0.1) is 0 Å². The number of aromatic nitrogens is 1. The lowest BCUT2D eigenvalue weighted by Gasteiger charge is -2.06. The molecule has 0 aliphatic rings. The molecule has 3 rings (SSSR count). The van der Waals surface area contributed by atoms with E-state index in [1.54, 1.807) is 48.7 Å². The predicted octanol–water partition coefficient (Wildman–Crippen LogP) is 3.74. The van der Waals surface area contributed by atoms with Crippen LogP contribution in [0.5, 0.6) is 0 Å². The molecule has 0 saturated heterocycles. The second-order valence-electron chi connectivity index (χ2n) is 5.92. The number of aryl methyl sites for hydroxylation is 1. The molecule has 2 amide bonds. The lowest BCUT2D eigenvalue weighted by atomic mass is 10.2. The van der Waals surface area contributed by atoms with Crippen LogP contribution < -0.4 is 10.6 Å². The van der Waals surface area contributed by atoms with Crippen molar-refractivity contribution in [2.24, 2.45) is 0 Å². The molecule has 2 aromatic heterocycles. The van der Waals surface area contributed by atoms with E-state index in [-0.39, 0.29) is 24.0 Å². The highest BCUT2D eigenvalue weighted by Gasteiger charge is 2.12. The highest BCUT2D eigenvalue weighted by molar-refractivity contribution is 7.13. The summed E-state index contributed by atoms with van der Waals surface area (Å²) in [5, 5.41) is 7.65. The Morgan fingerprint density at radius 3 is 2.62 bits per heavy atom. The SMILES string of the molecule is CCOC(=O)c1ccc(NC(=O)CCc2csc(NC(=O)c3ccco3)n2)cc1. The van der Waals surface area contributed by atoms with Gasteiger partial charge >= 0.3 is 5.97 Å². The third-order valence-electron chi connectivity index (χ3n) is 3.81. The van der Waals surface area contributed by atoms with Crippen molar-refractivity contribution in [1.29, 1.82) is 0 Å². The minimum Gasteiger partial charge on any atom is -0.462 e. The molecule has 8 nitrogen and oxygen atoms in total. The van der Waals surface area contributed by atoms with E-state index < -0.39 is 5.97 Å². The maximum Gasteiger partial charge on any atom is 0.338 e. The Kier molecular flexibility index (Phi) is 6.75. The summed E-state index contributed by atoms with van der Waals surface area (Å²) in [5.74, 6) is -0.748. The summed E-state index contributed by atoms with van der Waals surface area (Å²) in [5.41, 5.74) is 1.72. The molecule has 3 aromatic rings. The zero-order valence-corrected chi connectivity index (χ0v) is 16.5. The first-order valence-electron chi connectivity index (χ1n) is 8.91. The molecule has 0 atom stereocenters. The van der Waals surface area contributed by atoms with Crippen LogP contribution in [0.2, 0.25) is 0 Å². The largest absolute Gasteiger partial charge is 0.462 e. The summed E-state index contributed by atoms with van der Waals surface area (Å²) in [4.78, 5) is 40.0. The number of esters is 1. The number of carbonyl (C=O) groups is 3. The first-order chi connectivity index (χ1) is 14.0. The number of anilines is 2. The molecule has 0 spiro atoms. The van der Waals surface area contributed by atoms with Crippen LogP contribution in [0.1, 0.15) is 40.0 Å². The van der Waals surface area contributed by atoms with Crippen LogP contribution in [-0.2, 0) is 16.0 Å². The van der Waals surface area contributed by atoms with Gasteiger partial charge in [0, 0.05) is 17.5 Å². The fourth-order valence-corrected chi connectivity index (χ4v) is 3.15. The van der Waals surface area contributed by atoms with Crippen molar-refractivity contribution in [2.45, 2.75) is 19.8 Å². The van der Waals surface area contributed by atoms with Gasteiger partial charge in [0.15, 0.2) is 10.9 Å². The maximum atomic E-state index is 12.1. The zero-order chi connectivity index (χ0) is 20.6. The normalized spacial score (nSPS) is 10.4. The highest BCUT2D eigenvalue weighted by Crippen LogP contribution is 2.18. The average molecular weight is 413 g/mol. The van der Waals surface area contributed by atoms with Crippen LogP contribution in [-0.4, -0.2) is 29.4 Å². The van der Waals surface area contributed by atoms with Gasteiger partial charge in [0.05, 0.1) is 24.1 Å². The number of nitrogens with zero attached hydrogens (tertiary/aromatic N) is 1. The first kappa shape index (κ1) is 20.3. The molecule has 2 N–H and O–H groups in total. The molecule has 150 valence electrons. The van der Waals surface area contributed by atoms with E-state index in [9.17, 15) is 14.4 Å². The first-order valence-corrected chi connectivity index (χ1v) is 9.79. The van der Waals surface area contributed by atoms with Crippen molar-refractivity contribution >= 4 is 39.9 Å². The number of amides is 2. The van der Waals surface area contributed by atoms with E-state index in [2.05, 4.69) is 15.6 Å². The van der Waals surface area contributed by atoms with E-state index in [4.69, 9.17) is 9.15 Å². The molecule has 0 aliphatic carbocycles. The van der Waals surface area contributed by atoms with Gasteiger partial charge in [-0.25, -0.2) is 9.78 Å². The van der Waals surface area contributed by atoms with Crippen molar-refractivity contribution < 1.29 is 23.5 Å². The molecule has 0 radical (unpaired) electrons. The third-order valence-corrected chi connectivity index (χ3v) is 4.61. The minimum absolute atomic E-state index is 0.178.